The summed E-state index contributed by atoms with van der Waals surface area (Å²) < 4.78 is 0. The predicted molar refractivity (Wildman–Crippen MR) is 120 cm³/mol. The Hall–Kier alpha value is -4.18. The number of carbonyl (C=O) groups excluding carboxylic acids is 1. The van der Waals surface area contributed by atoms with Crippen molar-refractivity contribution in [2.75, 3.05) is 5.32 Å². The number of nitro groups is 1. The summed E-state index contributed by atoms with van der Waals surface area (Å²) in [6.07, 6.45) is 0. The van der Waals surface area contributed by atoms with Crippen molar-refractivity contribution in [3.8, 4) is 5.69 Å². The molecule has 0 radical (unpaired) electrons. The molecule has 154 valence electrons. The molecule has 4 rings (SSSR count). The number of fused-ring (bicyclic) bond motifs is 1. The minimum atomic E-state index is -0.563. The largest absolute Gasteiger partial charge is 0.332 e. The Labute approximate surface area is 181 Å². The van der Waals surface area contributed by atoms with E-state index in [1.165, 1.54) is 24.3 Å². The molecule has 0 saturated carbocycles. The fourth-order valence-electron chi connectivity index (χ4n) is 2.88. The van der Waals surface area contributed by atoms with Crippen LogP contribution >= 0.6 is 12.2 Å². The van der Waals surface area contributed by atoms with Crippen LogP contribution < -0.4 is 10.6 Å². The molecule has 31 heavy (non-hydrogen) atoms. The van der Waals surface area contributed by atoms with Gasteiger partial charge in [-0.15, -0.1) is 10.2 Å². The average Bonchev–Trinajstić information content (AvgIpc) is 3.17. The first-order valence-electron chi connectivity index (χ1n) is 9.20. The summed E-state index contributed by atoms with van der Waals surface area (Å²) in [6.45, 7) is 2.01. The van der Waals surface area contributed by atoms with E-state index in [4.69, 9.17) is 12.2 Å². The van der Waals surface area contributed by atoms with E-state index in [0.717, 1.165) is 11.3 Å². The predicted octanol–water partition coefficient (Wildman–Crippen LogP) is 3.76. The first kappa shape index (κ1) is 20.1. The second-order valence-corrected chi connectivity index (χ2v) is 7.15. The Morgan fingerprint density at radius 1 is 1.03 bits per heavy atom. The third-order valence-electron chi connectivity index (χ3n) is 4.45. The van der Waals surface area contributed by atoms with Crippen molar-refractivity contribution in [2.45, 2.75) is 6.92 Å². The molecule has 0 atom stereocenters. The number of non-ortho nitro benzene ring substituents is 1. The number of aryl methyl sites for hydroxylation is 1. The molecule has 0 aliphatic rings. The molecule has 2 N–H and O–H groups in total. The Morgan fingerprint density at radius 2 is 1.77 bits per heavy atom. The molecule has 1 amide bonds. The molecule has 4 aromatic rings. The summed E-state index contributed by atoms with van der Waals surface area (Å²) in [5.41, 5.74) is 3.93. The van der Waals surface area contributed by atoms with Crippen molar-refractivity contribution < 1.29 is 9.72 Å². The summed E-state index contributed by atoms with van der Waals surface area (Å²) >= 11 is 5.20. The minimum Gasteiger partial charge on any atom is -0.332 e. The summed E-state index contributed by atoms with van der Waals surface area (Å²) in [7, 11) is 0. The number of hydrogen-bond acceptors (Lipinski definition) is 6. The maximum absolute atomic E-state index is 12.3. The number of carbonyl (C=O) groups is 1. The van der Waals surface area contributed by atoms with Gasteiger partial charge in [-0.05, 0) is 55.5 Å². The number of benzene rings is 3. The lowest BCUT2D eigenvalue weighted by atomic mass is 10.2. The van der Waals surface area contributed by atoms with Gasteiger partial charge in [-0.3, -0.25) is 20.2 Å². The molecule has 0 aliphatic carbocycles. The lowest BCUT2D eigenvalue weighted by Gasteiger charge is -2.09. The van der Waals surface area contributed by atoms with E-state index in [-0.39, 0.29) is 16.4 Å². The third-order valence-corrected chi connectivity index (χ3v) is 4.65. The van der Waals surface area contributed by atoms with E-state index in [0.29, 0.717) is 16.7 Å². The Morgan fingerprint density at radius 3 is 2.52 bits per heavy atom. The molecule has 1 heterocycles. The number of aromatic nitrogens is 3. The molecular formula is C21H16N6O3S. The van der Waals surface area contributed by atoms with Gasteiger partial charge in [-0.25, -0.2) is 0 Å². The fraction of sp³-hybridized carbons (Fsp3) is 0.0476. The van der Waals surface area contributed by atoms with Gasteiger partial charge in [0.05, 0.1) is 10.6 Å². The van der Waals surface area contributed by atoms with Crippen LogP contribution in [0, 0.1) is 17.0 Å². The average molecular weight is 432 g/mol. The number of thiocarbonyl (C=S) groups is 1. The first-order valence-corrected chi connectivity index (χ1v) is 9.61. The van der Waals surface area contributed by atoms with Crippen LogP contribution in [0.3, 0.4) is 0 Å². The van der Waals surface area contributed by atoms with Gasteiger partial charge in [-0.2, -0.15) is 4.80 Å². The molecule has 1 aromatic heterocycles. The zero-order valence-electron chi connectivity index (χ0n) is 16.3. The number of rotatable bonds is 4. The highest BCUT2D eigenvalue weighted by molar-refractivity contribution is 7.80. The van der Waals surface area contributed by atoms with Crippen LogP contribution in [0.15, 0.2) is 66.7 Å². The molecule has 0 aliphatic heterocycles. The number of nitrogens with zero attached hydrogens (tertiary/aromatic N) is 4. The van der Waals surface area contributed by atoms with Crippen molar-refractivity contribution >= 4 is 45.6 Å². The van der Waals surface area contributed by atoms with Gasteiger partial charge in [0.1, 0.15) is 11.0 Å². The number of nitrogens with one attached hydrogen (secondary N) is 2. The van der Waals surface area contributed by atoms with E-state index in [9.17, 15) is 14.9 Å². The van der Waals surface area contributed by atoms with E-state index in [2.05, 4.69) is 20.8 Å². The van der Waals surface area contributed by atoms with Crippen LogP contribution in [0.25, 0.3) is 16.7 Å². The summed E-state index contributed by atoms with van der Waals surface area (Å²) in [5.74, 6) is -0.549. The highest BCUT2D eigenvalue weighted by atomic mass is 32.1. The second-order valence-electron chi connectivity index (χ2n) is 6.74. The second kappa shape index (κ2) is 8.28. The van der Waals surface area contributed by atoms with Crippen LogP contribution in [0.4, 0.5) is 11.4 Å². The van der Waals surface area contributed by atoms with Crippen molar-refractivity contribution in [1.82, 2.24) is 20.3 Å². The Bertz CT molecular complexity index is 1320. The van der Waals surface area contributed by atoms with E-state index in [1.54, 1.807) is 23.0 Å². The first-order chi connectivity index (χ1) is 14.9. The van der Waals surface area contributed by atoms with Crippen LogP contribution in [-0.2, 0) is 0 Å². The molecule has 0 bridgehead atoms. The standard InChI is InChI=1S/C21H16N6O3S/c1-13-5-8-16(9-6-13)26-24-18-10-7-15(12-19(18)25-26)22-21(31)23-20(28)14-3-2-4-17(11-14)27(29)30/h2-12H,1H3,(H2,22,23,28,31). The van der Waals surface area contributed by atoms with E-state index >= 15 is 0 Å². The molecular weight excluding hydrogens is 416 g/mol. The minimum absolute atomic E-state index is 0.0572. The van der Waals surface area contributed by atoms with Crippen LogP contribution in [0.5, 0.6) is 0 Å². The molecule has 0 saturated heterocycles. The normalized spacial score (nSPS) is 10.6. The Balaban J connectivity index is 1.47. The fourth-order valence-corrected chi connectivity index (χ4v) is 3.09. The highest BCUT2D eigenvalue weighted by Gasteiger charge is 2.13. The quantitative estimate of drug-likeness (QED) is 0.287. The van der Waals surface area contributed by atoms with E-state index in [1.807, 2.05) is 31.2 Å². The maximum Gasteiger partial charge on any atom is 0.270 e. The number of amides is 1. The zero-order valence-corrected chi connectivity index (χ0v) is 17.1. The lowest BCUT2D eigenvalue weighted by molar-refractivity contribution is -0.384. The molecule has 3 aromatic carbocycles. The van der Waals surface area contributed by atoms with Gasteiger partial charge in [0.25, 0.3) is 11.6 Å². The van der Waals surface area contributed by atoms with Gasteiger partial charge < -0.3 is 5.32 Å². The van der Waals surface area contributed by atoms with Crippen LogP contribution in [0.1, 0.15) is 15.9 Å². The third kappa shape index (κ3) is 4.54. The van der Waals surface area contributed by atoms with E-state index < -0.39 is 10.8 Å². The van der Waals surface area contributed by atoms with Crippen molar-refractivity contribution in [2.24, 2.45) is 0 Å². The number of nitro benzene ring substituents is 1. The lowest BCUT2D eigenvalue weighted by Crippen LogP contribution is -2.34. The SMILES string of the molecule is Cc1ccc(-n2nc3ccc(NC(=S)NC(=O)c4cccc([N+](=O)[O-])c4)cc3n2)cc1. The van der Waals surface area contributed by atoms with Crippen molar-refractivity contribution in [3.05, 3.63) is 88.0 Å². The molecule has 0 spiro atoms. The molecule has 9 nitrogen and oxygen atoms in total. The van der Waals surface area contributed by atoms with Gasteiger partial charge >= 0.3 is 0 Å². The van der Waals surface area contributed by atoms with Gasteiger partial charge in [0.15, 0.2) is 5.11 Å². The summed E-state index contributed by atoms with van der Waals surface area (Å²) in [6, 6.07) is 18.6. The van der Waals surface area contributed by atoms with Crippen molar-refractivity contribution in [1.29, 1.82) is 0 Å². The van der Waals surface area contributed by atoms with Crippen LogP contribution in [-0.4, -0.2) is 30.9 Å². The van der Waals surface area contributed by atoms with Gasteiger partial charge in [0, 0.05) is 23.4 Å². The summed E-state index contributed by atoms with van der Waals surface area (Å²) in [4.78, 5) is 24.2. The number of anilines is 1. The van der Waals surface area contributed by atoms with Gasteiger partial charge in [-0.1, -0.05) is 23.8 Å². The smallest absolute Gasteiger partial charge is 0.270 e. The number of hydrogen-bond donors (Lipinski definition) is 2. The molecule has 0 unspecified atom stereocenters. The monoisotopic (exact) mass is 432 g/mol. The summed E-state index contributed by atoms with van der Waals surface area (Å²) in [5, 5.41) is 25.3. The van der Waals surface area contributed by atoms with Crippen LogP contribution in [0.2, 0.25) is 0 Å². The topological polar surface area (TPSA) is 115 Å². The molecule has 0 fully saturated rings. The zero-order chi connectivity index (χ0) is 22.0. The van der Waals surface area contributed by atoms with Gasteiger partial charge in [0.2, 0.25) is 0 Å². The van der Waals surface area contributed by atoms with Crippen molar-refractivity contribution in [3.63, 3.8) is 0 Å². The molecule has 10 heteroatoms. The Kier molecular flexibility index (Phi) is 5.37. The highest BCUT2D eigenvalue weighted by Crippen LogP contribution is 2.18. The maximum atomic E-state index is 12.3.